The number of hydrogen-bond donors (Lipinski definition) is 0. The molecule has 1 aliphatic rings. The van der Waals surface area contributed by atoms with Crippen LogP contribution in [0.25, 0.3) is 0 Å². The van der Waals surface area contributed by atoms with Gasteiger partial charge in [-0.1, -0.05) is 10.6 Å². The van der Waals surface area contributed by atoms with E-state index in [0.29, 0.717) is 49.8 Å². The first-order valence-corrected chi connectivity index (χ1v) is 9.64. The van der Waals surface area contributed by atoms with Gasteiger partial charge in [-0.15, -0.1) is 5.10 Å². The van der Waals surface area contributed by atoms with Crippen LogP contribution in [0.4, 0.5) is 0 Å². The first-order chi connectivity index (χ1) is 13.1. The third kappa shape index (κ3) is 4.86. The second-order valence-electron chi connectivity index (χ2n) is 6.54. The third-order valence-corrected chi connectivity index (χ3v) is 5.37. The Hall–Kier alpha value is -2.39. The van der Waals surface area contributed by atoms with E-state index in [1.54, 1.807) is 30.0 Å². The lowest BCUT2D eigenvalue weighted by Gasteiger charge is -2.26. The molecule has 0 bridgehead atoms. The maximum Gasteiger partial charge on any atom is 0.267 e. The summed E-state index contributed by atoms with van der Waals surface area (Å²) in [4.78, 5) is 33.8. The zero-order chi connectivity index (χ0) is 19.2. The average Bonchev–Trinajstić information content (AvgIpc) is 2.97. The molecular weight excluding hydrogens is 366 g/mol. The Morgan fingerprint density at radius 3 is 2.96 bits per heavy atom. The van der Waals surface area contributed by atoms with Gasteiger partial charge in [-0.05, 0) is 30.6 Å². The summed E-state index contributed by atoms with van der Waals surface area (Å²) in [5, 5.41) is 3.90. The summed E-state index contributed by atoms with van der Waals surface area (Å²) in [5.74, 6) is -0.543. The highest BCUT2D eigenvalue weighted by Crippen LogP contribution is 2.17. The number of ether oxygens (including phenoxy) is 1. The third-order valence-electron chi connectivity index (χ3n) is 4.55. The Balaban J connectivity index is 1.61. The van der Waals surface area contributed by atoms with Crippen LogP contribution in [0, 0.1) is 12.8 Å². The molecule has 0 N–H and O–H groups in total. The van der Waals surface area contributed by atoms with Gasteiger partial charge in [0, 0.05) is 45.0 Å². The normalized spacial score (nSPS) is 17.4. The molecule has 0 spiro atoms. The second kappa shape index (κ2) is 9.01. The van der Waals surface area contributed by atoms with Gasteiger partial charge in [-0.2, -0.15) is 0 Å². The highest BCUT2D eigenvalue weighted by atomic mass is 32.1. The molecule has 3 heterocycles. The molecule has 0 aliphatic carbocycles. The van der Waals surface area contributed by atoms with Gasteiger partial charge in [0.05, 0.1) is 24.8 Å². The number of aryl methyl sites for hydroxylation is 1. The summed E-state index contributed by atoms with van der Waals surface area (Å²) in [6, 6.07) is 5.75. The summed E-state index contributed by atoms with van der Waals surface area (Å²) in [5.41, 5.74) is 1.56. The predicted molar refractivity (Wildman–Crippen MR) is 100 cm³/mol. The van der Waals surface area contributed by atoms with E-state index < -0.39 is 0 Å². The zero-order valence-electron chi connectivity index (χ0n) is 15.5. The second-order valence-corrected chi connectivity index (χ2v) is 7.30. The molecule has 144 valence electrons. The van der Waals surface area contributed by atoms with Crippen LogP contribution >= 0.6 is 11.5 Å². The van der Waals surface area contributed by atoms with Crippen molar-refractivity contribution in [3.8, 4) is 0 Å². The van der Waals surface area contributed by atoms with Gasteiger partial charge in [-0.25, -0.2) is 0 Å². The lowest BCUT2D eigenvalue weighted by atomic mass is 10.1. The topological polar surface area (TPSA) is 88.5 Å². The van der Waals surface area contributed by atoms with Gasteiger partial charge in [0.15, 0.2) is 0 Å². The summed E-state index contributed by atoms with van der Waals surface area (Å²) in [6.07, 6.45) is 2.43. The molecule has 27 heavy (non-hydrogen) atoms. The molecule has 2 amide bonds. The maximum absolute atomic E-state index is 12.9. The van der Waals surface area contributed by atoms with Crippen LogP contribution in [0.15, 0.2) is 24.4 Å². The molecule has 1 saturated heterocycles. The summed E-state index contributed by atoms with van der Waals surface area (Å²) in [7, 11) is 1.78. The molecular formula is C18H23N5O3S. The number of aromatic nitrogens is 3. The molecule has 3 rings (SSSR count). The van der Waals surface area contributed by atoms with Gasteiger partial charge >= 0.3 is 0 Å². The highest BCUT2D eigenvalue weighted by molar-refractivity contribution is 7.07. The molecule has 9 heteroatoms. The van der Waals surface area contributed by atoms with E-state index in [0.717, 1.165) is 17.2 Å². The number of amides is 2. The highest BCUT2D eigenvalue weighted by Gasteiger charge is 2.31. The van der Waals surface area contributed by atoms with Crippen molar-refractivity contribution in [3.63, 3.8) is 0 Å². The standard InChI is InChI=1S/C18H23N5O3S/c1-13-16(27-21-20-13)18(25)23-9-10-26-12-14(11-23)17(24)22(2)8-6-15-5-3-4-7-19-15/h3-5,7,14H,6,8-12H2,1-2H3. The molecule has 8 nitrogen and oxygen atoms in total. The Labute approximate surface area is 162 Å². The van der Waals surface area contributed by atoms with E-state index in [1.807, 2.05) is 18.2 Å². The first kappa shape index (κ1) is 19.4. The first-order valence-electron chi connectivity index (χ1n) is 8.87. The molecule has 0 radical (unpaired) electrons. The smallest absolute Gasteiger partial charge is 0.267 e. The van der Waals surface area contributed by atoms with E-state index >= 15 is 0 Å². The zero-order valence-corrected chi connectivity index (χ0v) is 16.3. The predicted octanol–water partition coefficient (Wildman–Crippen LogP) is 1.03. The van der Waals surface area contributed by atoms with Crippen molar-refractivity contribution in [2.24, 2.45) is 5.92 Å². The molecule has 1 unspecified atom stereocenters. The number of nitrogens with zero attached hydrogens (tertiary/aromatic N) is 5. The van der Waals surface area contributed by atoms with Crippen LogP contribution in [-0.4, -0.2) is 76.1 Å². The number of carbonyl (C=O) groups excluding carboxylic acids is 2. The van der Waals surface area contributed by atoms with Crippen LogP contribution in [0.5, 0.6) is 0 Å². The van der Waals surface area contributed by atoms with Crippen molar-refractivity contribution in [2.45, 2.75) is 13.3 Å². The summed E-state index contributed by atoms with van der Waals surface area (Å²) in [6.45, 7) is 3.85. The van der Waals surface area contributed by atoms with Gasteiger partial charge in [0.1, 0.15) is 4.88 Å². The van der Waals surface area contributed by atoms with Crippen molar-refractivity contribution in [2.75, 3.05) is 39.9 Å². The van der Waals surface area contributed by atoms with Crippen molar-refractivity contribution in [1.82, 2.24) is 24.4 Å². The van der Waals surface area contributed by atoms with Crippen molar-refractivity contribution >= 4 is 23.3 Å². The van der Waals surface area contributed by atoms with E-state index in [4.69, 9.17) is 4.74 Å². The van der Waals surface area contributed by atoms with Crippen LogP contribution in [-0.2, 0) is 16.0 Å². The van der Waals surface area contributed by atoms with E-state index in [9.17, 15) is 9.59 Å². The Bertz CT molecular complexity index is 782. The molecule has 1 aliphatic heterocycles. The fraction of sp³-hybridized carbons (Fsp3) is 0.500. The minimum atomic E-state index is -0.383. The molecule has 2 aromatic rings. The van der Waals surface area contributed by atoms with E-state index in [-0.39, 0.29) is 17.7 Å². The van der Waals surface area contributed by atoms with Crippen molar-refractivity contribution < 1.29 is 14.3 Å². The SMILES string of the molecule is Cc1nnsc1C(=O)N1CCOCC(C(=O)N(C)CCc2ccccn2)C1. The number of likely N-dealkylation sites (N-methyl/N-ethyl adjacent to an activating group) is 1. The largest absolute Gasteiger partial charge is 0.379 e. The maximum atomic E-state index is 12.9. The minimum Gasteiger partial charge on any atom is -0.379 e. The van der Waals surface area contributed by atoms with Gasteiger partial charge in [0.2, 0.25) is 5.91 Å². The average molecular weight is 389 g/mol. The number of carbonyl (C=O) groups is 2. The fourth-order valence-corrected chi connectivity index (χ4v) is 3.59. The number of rotatable bonds is 5. The quantitative estimate of drug-likeness (QED) is 0.759. The van der Waals surface area contributed by atoms with Crippen molar-refractivity contribution in [3.05, 3.63) is 40.7 Å². The molecule has 0 aromatic carbocycles. The van der Waals surface area contributed by atoms with E-state index in [2.05, 4.69) is 14.6 Å². The Morgan fingerprint density at radius 1 is 1.41 bits per heavy atom. The molecule has 2 aromatic heterocycles. The lowest BCUT2D eigenvalue weighted by molar-refractivity contribution is -0.135. The Morgan fingerprint density at radius 2 is 2.26 bits per heavy atom. The molecule has 1 atom stereocenters. The Kier molecular flexibility index (Phi) is 6.46. The van der Waals surface area contributed by atoms with Gasteiger partial charge in [-0.3, -0.25) is 14.6 Å². The van der Waals surface area contributed by atoms with Gasteiger partial charge in [0.25, 0.3) is 5.91 Å². The monoisotopic (exact) mass is 389 g/mol. The minimum absolute atomic E-state index is 0.0233. The number of hydrogen-bond acceptors (Lipinski definition) is 7. The molecule has 0 saturated carbocycles. The van der Waals surface area contributed by atoms with E-state index in [1.165, 1.54) is 0 Å². The summed E-state index contributed by atoms with van der Waals surface area (Å²) >= 11 is 1.08. The van der Waals surface area contributed by atoms with Gasteiger partial charge < -0.3 is 14.5 Å². The van der Waals surface area contributed by atoms with Crippen LogP contribution < -0.4 is 0 Å². The van der Waals surface area contributed by atoms with Crippen LogP contribution in [0.1, 0.15) is 21.1 Å². The molecule has 1 fully saturated rings. The lowest BCUT2D eigenvalue weighted by Crippen LogP contribution is -2.43. The fourth-order valence-electron chi connectivity index (χ4n) is 2.97. The van der Waals surface area contributed by atoms with Crippen molar-refractivity contribution in [1.29, 1.82) is 0 Å². The van der Waals surface area contributed by atoms with Crippen LogP contribution in [0.3, 0.4) is 0 Å². The number of pyridine rings is 1. The summed E-state index contributed by atoms with van der Waals surface area (Å²) < 4.78 is 9.42. The van der Waals surface area contributed by atoms with Crippen LogP contribution in [0.2, 0.25) is 0 Å².